The van der Waals surface area contributed by atoms with Crippen molar-refractivity contribution in [2.75, 3.05) is 0 Å². The Kier molecular flexibility index (Phi) is 6.00. The van der Waals surface area contributed by atoms with Crippen LogP contribution in [0.3, 0.4) is 0 Å². The van der Waals surface area contributed by atoms with E-state index in [1.54, 1.807) is 0 Å². The van der Waals surface area contributed by atoms with Gasteiger partial charge in [0.05, 0.1) is 22.1 Å². The minimum absolute atomic E-state index is 0.224. The van der Waals surface area contributed by atoms with Crippen molar-refractivity contribution in [3.63, 3.8) is 0 Å². The molecule has 0 aliphatic heterocycles. The molecule has 0 spiro atoms. The highest BCUT2D eigenvalue weighted by Gasteiger charge is 2.41. The fourth-order valence-electron chi connectivity index (χ4n) is 10.9. The van der Waals surface area contributed by atoms with E-state index >= 15 is 0 Å². The normalized spacial score (nSPS) is 13.6. The van der Waals surface area contributed by atoms with Crippen LogP contribution in [0.5, 0.6) is 0 Å². The van der Waals surface area contributed by atoms with Gasteiger partial charge in [0.2, 0.25) is 0 Å². The molecule has 13 rings (SSSR count). The summed E-state index contributed by atoms with van der Waals surface area (Å²) in [6, 6.07) is 67.8. The number of aromatic nitrogens is 2. The van der Waals surface area contributed by atoms with Crippen molar-refractivity contribution in [2.24, 2.45) is 0 Å². The van der Waals surface area contributed by atoms with Crippen molar-refractivity contribution in [3.05, 3.63) is 193 Å². The average molecular weight is 725 g/mol. The number of hydrogen-bond donors (Lipinski definition) is 0. The maximum Gasteiger partial charge on any atom is 0.0647 e. The molecule has 0 unspecified atom stereocenters. The van der Waals surface area contributed by atoms with Crippen molar-refractivity contribution < 1.29 is 0 Å². The van der Waals surface area contributed by atoms with Gasteiger partial charge in [-0.3, -0.25) is 0 Å². The summed E-state index contributed by atoms with van der Waals surface area (Å²) in [7, 11) is 0. The lowest BCUT2D eigenvalue weighted by Crippen LogP contribution is -2.16. The lowest BCUT2D eigenvalue weighted by Gasteiger charge is -2.24. The number of rotatable bonds is 3. The van der Waals surface area contributed by atoms with E-state index in [0.29, 0.717) is 0 Å². The first-order valence-electron chi connectivity index (χ1n) is 20.0. The summed E-state index contributed by atoms with van der Waals surface area (Å²) in [5.41, 5.74) is 20.4. The number of para-hydroxylation sites is 3. The first-order chi connectivity index (χ1) is 28.1. The van der Waals surface area contributed by atoms with Crippen LogP contribution in [0.25, 0.3) is 110 Å². The van der Waals surface area contributed by atoms with Crippen LogP contribution in [0.2, 0.25) is 0 Å². The van der Waals surface area contributed by atoms with Gasteiger partial charge < -0.3 is 9.13 Å². The summed E-state index contributed by atoms with van der Waals surface area (Å²) in [6.45, 7) is 4.85. The van der Waals surface area contributed by atoms with Gasteiger partial charge in [-0.15, -0.1) is 0 Å². The molecule has 0 radical (unpaired) electrons. The molecule has 0 saturated carbocycles. The first kappa shape index (κ1) is 31.1. The van der Waals surface area contributed by atoms with Crippen LogP contribution < -0.4 is 0 Å². The molecule has 2 aromatic heterocycles. The quantitative estimate of drug-likeness (QED) is 0.172. The van der Waals surface area contributed by atoms with E-state index in [9.17, 15) is 0 Å². The molecule has 2 heterocycles. The van der Waals surface area contributed by atoms with E-state index in [1.165, 1.54) is 116 Å². The van der Waals surface area contributed by atoms with E-state index in [2.05, 4.69) is 205 Å². The Morgan fingerprint density at radius 1 is 0.368 bits per heavy atom. The lowest BCUT2D eigenvalue weighted by molar-refractivity contribution is 0.664. The Morgan fingerprint density at radius 3 is 1.68 bits per heavy atom. The van der Waals surface area contributed by atoms with Crippen LogP contribution in [0.15, 0.2) is 182 Å². The number of fused-ring (bicyclic) bond motifs is 15. The fourth-order valence-corrected chi connectivity index (χ4v) is 10.9. The fraction of sp³-hybridized carbons (Fsp3) is 0.0545. The zero-order chi connectivity index (χ0) is 37.6. The van der Waals surface area contributed by atoms with E-state index in [0.717, 1.165) is 5.69 Å². The van der Waals surface area contributed by atoms with Gasteiger partial charge in [-0.25, -0.2) is 0 Å². The molecule has 2 aliphatic rings. The van der Waals surface area contributed by atoms with Gasteiger partial charge in [-0.05, 0) is 103 Å². The van der Waals surface area contributed by atoms with Gasteiger partial charge in [-0.2, -0.15) is 0 Å². The van der Waals surface area contributed by atoms with Crippen LogP contribution in [-0.4, -0.2) is 9.13 Å². The topological polar surface area (TPSA) is 9.86 Å². The Bertz CT molecular complexity index is 3510. The molecule has 9 aromatic carbocycles. The smallest absolute Gasteiger partial charge is 0.0647 e. The molecule has 2 nitrogen and oxygen atoms in total. The average Bonchev–Trinajstić information content (AvgIpc) is 3.96. The lowest BCUT2D eigenvalue weighted by atomic mass is 9.81. The van der Waals surface area contributed by atoms with Gasteiger partial charge in [0.15, 0.2) is 0 Å². The predicted octanol–water partition coefficient (Wildman–Crippen LogP) is 14.7. The molecular formula is C55H36N2. The van der Waals surface area contributed by atoms with Crippen molar-refractivity contribution in [3.8, 4) is 55.9 Å². The largest absolute Gasteiger partial charge is 0.309 e. The molecular weight excluding hydrogens is 689 g/mol. The molecule has 11 aromatic rings. The van der Waals surface area contributed by atoms with Crippen LogP contribution in [0.1, 0.15) is 25.0 Å². The van der Waals surface area contributed by atoms with Crippen molar-refractivity contribution >= 4 is 54.4 Å². The van der Waals surface area contributed by atoms with Crippen LogP contribution in [0.4, 0.5) is 0 Å². The number of nitrogens with zero attached hydrogens (tertiary/aromatic N) is 2. The van der Waals surface area contributed by atoms with Crippen LogP contribution >= 0.6 is 0 Å². The zero-order valence-corrected chi connectivity index (χ0v) is 31.7. The van der Waals surface area contributed by atoms with Gasteiger partial charge >= 0.3 is 0 Å². The highest BCUT2D eigenvalue weighted by molar-refractivity contribution is 6.32. The van der Waals surface area contributed by atoms with Gasteiger partial charge in [0.1, 0.15) is 0 Å². The molecule has 2 aliphatic carbocycles. The highest BCUT2D eigenvalue weighted by atomic mass is 15.0. The summed E-state index contributed by atoms with van der Waals surface area (Å²) >= 11 is 0. The number of hydrogen-bond acceptors (Lipinski definition) is 0. The molecule has 266 valence electrons. The first-order valence-corrected chi connectivity index (χ1v) is 20.0. The van der Waals surface area contributed by atoms with Crippen molar-refractivity contribution in [1.82, 2.24) is 9.13 Å². The van der Waals surface area contributed by atoms with Crippen LogP contribution in [-0.2, 0) is 5.41 Å². The van der Waals surface area contributed by atoms with Gasteiger partial charge in [-0.1, -0.05) is 159 Å². The van der Waals surface area contributed by atoms with Gasteiger partial charge in [0, 0.05) is 38.3 Å². The zero-order valence-electron chi connectivity index (χ0n) is 31.7. The molecule has 0 bridgehead atoms. The molecule has 0 atom stereocenters. The summed E-state index contributed by atoms with van der Waals surface area (Å²) in [6.07, 6.45) is 0. The molecule has 0 saturated heterocycles. The minimum atomic E-state index is -0.224. The molecule has 0 N–H and O–H groups in total. The van der Waals surface area contributed by atoms with E-state index < -0.39 is 0 Å². The predicted molar refractivity (Wildman–Crippen MR) is 240 cm³/mol. The number of benzene rings is 9. The third-order valence-corrected chi connectivity index (χ3v) is 13.2. The SMILES string of the molecule is CC1(C)c2ccccc2-c2c1c1c(c3ccccc3n1-c1ccccc1)c1c2c2ccccc2n1-c1cccc(-c2ccc3c4c(cccc24)-c2ccccc2-3)c1. The maximum absolute atomic E-state index is 2.57. The van der Waals surface area contributed by atoms with Crippen molar-refractivity contribution in [2.45, 2.75) is 19.3 Å². The van der Waals surface area contributed by atoms with E-state index in [4.69, 9.17) is 0 Å². The third kappa shape index (κ3) is 3.90. The second-order valence-corrected chi connectivity index (χ2v) is 16.4. The summed E-state index contributed by atoms with van der Waals surface area (Å²) in [5, 5.41) is 7.83. The highest BCUT2D eigenvalue weighted by Crippen LogP contribution is 2.58. The summed E-state index contributed by atoms with van der Waals surface area (Å²) in [4.78, 5) is 0. The minimum Gasteiger partial charge on any atom is -0.309 e. The molecule has 57 heavy (non-hydrogen) atoms. The Balaban J connectivity index is 1.19. The van der Waals surface area contributed by atoms with Crippen LogP contribution in [0, 0.1) is 0 Å². The third-order valence-electron chi connectivity index (χ3n) is 13.2. The Hall–Kier alpha value is -7.16. The second kappa shape index (κ2) is 11.0. The molecule has 0 fully saturated rings. The maximum atomic E-state index is 2.57. The second-order valence-electron chi connectivity index (χ2n) is 16.4. The standard InChI is InChI=1S/C55H36N2/c1-55(2)45-27-11-8-22-42(45)49-50-43-23-9-12-28-46(43)57(53(50)51-44-24-10-13-29-47(44)56(54(51)52(49)55)34-17-4-3-5-18-34)35-19-14-16-33(32-35)36-30-31-41-38-21-7-6-20-37(38)40-26-15-25-39(36)48(40)41/h3-32H,1-2H3. The Morgan fingerprint density at radius 2 is 0.912 bits per heavy atom. The molecule has 0 amide bonds. The Labute approximate surface area is 330 Å². The monoisotopic (exact) mass is 724 g/mol. The molecule has 2 heteroatoms. The van der Waals surface area contributed by atoms with E-state index in [-0.39, 0.29) is 5.41 Å². The summed E-state index contributed by atoms with van der Waals surface area (Å²) in [5.74, 6) is 0. The van der Waals surface area contributed by atoms with Gasteiger partial charge in [0.25, 0.3) is 0 Å². The van der Waals surface area contributed by atoms with Crippen molar-refractivity contribution in [1.29, 1.82) is 0 Å². The summed E-state index contributed by atoms with van der Waals surface area (Å²) < 4.78 is 5.11. The van der Waals surface area contributed by atoms with E-state index in [1.807, 2.05) is 0 Å².